The summed E-state index contributed by atoms with van der Waals surface area (Å²) < 4.78 is 48.7. The second-order valence-corrected chi connectivity index (χ2v) is 9.84. The van der Waals surface area contributed by atoms with Gasteiger partial charge in [0.05, 0.1) is 6.61 Å². The van der Waals surface area contributed by atoms with Crippen LogP contribution >= 0.6 is 0 Å². The van der Waals surface area contributed by atoms with E-state index in [0.717, 1.165) is 48.5 Å². The van der Waals surface area contributed by atoms with Crippen molar-refractivity contribution < 1.29 is 81.3 Å². The highest BCUT2D eigenvalue weighted by molar-refractivity contribution is 5.74. The zero-order chi connectivity index (χ0) is 33.3. The number of nitrogens with one attached hydrogen (secondary N) is 1. The smallest absolute Gasteiger partial charge is 0.303 e. The number of ether oxygens (including phenoxy) is 9. The Hall–Kier alpha value is -3.87. The predicted molar refractivity (Wildman–Crippen MR) is 138 cm³/mol. The average Bonchev–Trinajstić information content (AvgIpc) is 2.87. The van der Waals surface area contributed by atoms with E-state index >= 15 is 0 Å². The zero-order valence-electron chi connectivity index (χ0n) is 25.2. The molecular weight excluding hydrogens is 598 g/mol. The highest BCUT2D eigenvalue weighted by Gasteiger charge is 2.54. The summed E-state index contributed by atoms with van der Waals surface area (Å²) >= 11 is 0. The fraction of sp³-hybridized carbons (Fsp3) is 0.731. The molecule has 0 saturated carbocycles. The van der Waals surface area contributed by atoms with Gasteiger partial charge in [-0.2, -0.15) is 0 Å². The van der Waals surface area contributed by atoms with Crippen LogP contribution in [0.15, 0.2) is 0 Å². The molecule has 2 rings (SSSR count). The summed E-state index contributed by atoms with van der Waals surface area (Å²) in [6, 6.07) is -1.34. The van der Waals surface area contributed by atoms with E-state index in [1.54, 1.807) is 0 Å². The van der Waals surface area contributed by atoms with Gasteiger partial charge in [0.15, 0.2) is 43.1 Å². The van der Waals surface area contributed by atoms with Gasteiger partial charge < -0.3 is 53.1 Å². The van der Waals surface area contributed by atoms with Crippen molar-refractivity contribution in [2.75, 3.05) is 13.2 Å². The summed E-state index contributed by atoms with van der Waals surface area (Å²) in [5, 5.41) is 13.1. The average molecular weight is 636 g/mol. The minimum atomic E-state index is -1.89. The first-order chi connectivity index (χ1) is 20.5. The lowest BCUT2D eigenvalue weighted by atomic mass is 9.95. The summed E-state index contributed by atoms with van der Waals surface area (Å²) in [5.41, 5.74) is 0. The van der Waals surface area contributed by atoms with Gasteiger partial charge in [0, 0.05) is 48.5 Å². The van der Waals surface area contributed by atoms with E-state index in [1.807, 2.05) is 0 Å². The van der Waals surface area contributed by atoms with Gasteiger partial charge in [-0.15, -0.1) is 0 Å². The molecule has 0 spiro atoms. The first kappa shape index (κ1) is 36.3. The van der Waals surface area contributed by atoms with Crippen LogP contribution in [0, 0.1) is 0 Å². The molecule has 0 aromatic carbocycles. The summed E-state index contributed by atoms with van der Waals surface area (Å²) in [5.74, 6) is -5.57. The summed E-state index contributed by atoms with van der Waals surface area (Å²) in [4.78, 5) is 83.2. The minimum Gasteiger partial charge on any atom is -0.463 e. The maximum atomic E-state index is 12.2. The normalized spacial score (nSPS) is 31.5. The number of hydrogen-bond acceptors (Lipinski definition) is 17. The monoisotopic (exact) mass is 635 g/mol. The van der Waals surface area contributed by atoms with Gasteiger partial charge in [0.1, 0.15) is 24.9 Å². The van der Waals surface area contributed by atoms with E-state index in [2.05, 4.69) is 5.32 Å². The number of hydrogen-bond donors (Lipinski definition) is 2. The lowest BCUT2D eigenvalue weighted by Gasteiger charge is -2.46. The van der Waals surface area contributed by atoms with Crippen molar-refractivity contribution >= 4 is 41.7 Å². The lowest BCUT2D eigenvalue weighted by molar-refractivity contribution is -0.316. The first-order valence-electron chi connectivity index (χ1n) is 13.4. The number of aliphatic hydroxyl groups is 1. The summed E-state index contributed by atoms with van der Waals surface area (Å²) in [6.45, 7) is 6.42. The molecule has 44 heavy (non-hydrogen) atoms. The molecule has 4 unspecified atom stereocenters. The highest BCUT2D eigenvalue weighted by atomic mass is 16.7. The van der Waals surface area contributed by atoms with E-state index in [9.17, 15) is 38.7 Å². The van der Waals surface area contributed by atoms with Crippen molar-refractivity contribution in [3.63, 3.8) is 0 Å². The summed E-state index contributed by atoms with van der Waals surface area (Å²) in [7, 11) is 0. The number of rotatable bonds is 11. The molecule has 0 radical (unpaired) electrons. The summed E-state index contributed by atoms with van der Waals surface area (Å²) in [6.07, 6.45) is -13.6. The number of carbonyl (C=O) groups excluding carboxylic acids is 7. The van der Waals surface area contributed by atoms with Gasteiger partial charge in [-0.05, 0) is 0 Å². The molecule has 0 aliphatic carbocycles. The molecule has 2 heterocycles. The van der Waals surface area contributed by atoms with Crippen LogP contribution in [0.3, 0.4) is 0 Å². The Morgan fingerprint density at radius 2 is 1.00 bits per heavy atom. The Balaban J connectivity index is 2.48. The van der Waals surface area contributed by atoms with Crippen molar-refractivity contribution in [3.8, 4) is 0 Å². The number of carbonyl (C=O) groups is 7. The van der Waals surface area contributed by atoms with Crippen molar-refractivity contribution in [2.45, 2.75) is 110 Å². The molecule has 2 N–H and O–H groups in total. The van der Waals surface area contributed by atoms with Crippen LogP contribution in [-0.4, -0.2) is 121 Å². The predicted octanol–water partition coefficient (Wildman–Crippen LogP) is -1.83. The third-order valence-corrected chi connectivity index (χ3v) is 6.01. The number of amides is 1. The van der Waals surface area contributed by atoms with E-state index in [1.165, 1.54) is 0 Å². The van der Waals surface area contributed by atoms with Gasteiger partial charge in [-0.3, -0.25) is 33.6 Å². The van der Waals surface area contributed by atoms with Crippen molar-refractivity contribution in [1.82, 2.24) is 5.32 Å². The molecule has 2 fully saturated rings. The van der Waals surface area contributed by atoms with Gasteiger partial charge in [-0.25, -0.2) is 0 Å². The molecule has 2 saturated heterocycles. The highest BCUT2D eigenvalue weighted by Crippen LogP contribution is 2.31. The second kappa shape index (κ2) is 16.3. The fourth-order valence-electron chi connectivity index (χ4n) is 4.63. The van der Waals surface area contributed by atoms with Crippen LogP contribution in [0.1, 0.15) is 48.5 Å². The largest absolute Gasteiger partial charge is 0.463 e. The van der Waals surface area contributed by atoms with Crippen molar-refractivity contribution in [3.05, 3.63) is 0 Å². The van der Waals surface area contributed by atoms with E-state index in [0.29, 0.717) is 0 Å². The van der Waals surface area contributed by atoms with Gasteiger partial charge >= 0.3 is 35.8 Å². The Morgan fingerprint density at radius 3 is 1.48 bits per heavy atom. The maximum absolute atomic E-state index is 12.2. The Kier molecular flexibility index (Phi) is 13.4. The number of aliphatic hydroxyl groups excluding tert-OH is 1. The molecule has 0 aromatic rings. The maximum Gasteiger partial charge on any atom is 0.303 e. The van der Waals surface area contributed by atoms with Gasteiger partial charge in [0.2, 0.25) is 5.91 Å². The van der Waals surface area contributed by atoms with Crippen molar-refractivity contribution in [2.24, 2.45) is 0 Å². The van der Waals surface area contributed by atoms with Crippen molar-refractivity contribution in [1.29, 1.82) is 0 Å². The third kappa shape index (κ3) is 10.7. The molecule has 10 atom stereocenters. The molecule has 248 valence electrons. The van der Waals surface area contributed by atoms with Gasteiger partial charge in [0.25, 0.3) is 0 Å². The van der Waals surface area contributed by atoms with E-state index in [-0.39, 0.29) is 0 Å². The van der Waals surface area contributed by atoms with Crippen LogP contribution in [0.2, 0.25) is 0 Å². The Labute approximate surface area is 251 Å². The zero-order valence-corrected chi connectivity index (χ0v) is 25.2. The standard InChI is InChI=1S/C26H37NO17/c1-10(28)27-19-22(40-14(5)32)20(38-12(3)30)18(8-36-11(2)29)44-26(19)37-9-17-21(39-13(4)31)23(41-15(6)33)24(25(35)43-17)42-16(7)34/h17-26,35H,8-9H2,1-7H3,(H,27,28)/t17?,18?,19?,20-,21-,22-,23+,24?,25+,26+/m1/s1. The first-order valence-corrected chi connectivity index (χ1v) is 13.4. The molecule has 18 heteroatoms. The molecular formula is C26H37NO17. The van der Waals surface area contributed by atoms with Crippen LogP contribution in [0.25, 0.3) is 0 Å². The Morgan fingerprint density at radius 1 is 0.568 bits per heavy atom. The van der Waals surface area contributed by atoms with Crippen LogP contribution < -0.4 is 5.32 Å². The molecule has 0 bridgehead atoms. The lowest BCUT2D eigenvalue weighted by Crippen LogP contribution is -2.67. The molecule has 18 nitrogen and oxygen atoms in total. The van der Waals surface area contributed by atoms with E-state index in [4.69, 9.17) is 42.6 Å². The fourth-order valence-corrected chi connectivity index (χ4v) is 4.63. The Bertz CT molecular complexity index is 1090. The molecule has 2 aliphatic rings. The molecule has 1 amide bonds. The van der Waals surface area contributed by atoms with Crippen LogP contribution in [-0.2, 0) is 76.2 Å². The van der Waals surface area contributed by atoms with Gasteiger partial charge in [-0.1, -0.05) is 0 Å². The molecule has 2 aliphatic heterocycles. The quantitative estimate of drug-likeness (QED) is 0.188. The number of esters is 6. The minimum absolute atomic E-state index is 0.495. The molecule has 0 aromatic heterocycles. The second-order valence-electron chi connectivity index (χ2n) is 9.84. The SMILES string of the molecule is CC(=O)NC1[C@@H](OCC2O[C@H](O)C(OC(C)=O)[C@@H](OC(C)=O)[C@@H]2OC(C)=O)OC(COC(C)=O)[C@@H](OC(C)=O)[C@@H]1OC(C)=O. The van der Waals surface area contributed by atoms with Crippen LogP contribution in [0.4, 0.5) is 0 Å². The van der Waals surface area contributed by atoms with E-state index < -0.39 is 116 Å². The topological polar surface area (TPSA) is 235 Å². The third-order valence-electron chi connectivity index (χ3n) is 6.01. The van der Waals surface area contributed by atoms with Crippen LogP contribution in [0.5, 0.6) is 0 Å².